The molecule has 2 N–H and O–H groups in total. The second-order valence-corrected chi connectivity index (χ2v) is 5.96. The maximum absolute atomic E-state index is 11.9. The molecular weight excluding hydrogens is 348 g/mol. The van der Waals surface area contributed by atoms with Crippen LogP contribution in [0.3, 0.4) is 0 Å². The van der Waals surface area contributed by atoms with Gasteiger partial charge in [0, 0.05) is 5.92 Å². The van der Waals surface area contributed by atoms with Gasteiger partial charge in [0.05, 0.1) is 0 Å². The second kappa shape index (κ2) is 8.95. The predicted molar refractivity (Wildman–Crippen MR) is 98.1 cm³/mol. The number of rotatable bonds is 8. The van der Waals surface area contributed by atoms with Crippen molar-refractivity contribution in [2.45, 2.75) is 5.92 Å². The van der Waals surface area contributed by atoms with Gasteiger partial charge < -0.3 is 24.9 Å². The van der Waals surface area contributed by atoms with Crippen molar-refractivity contribution in [1.29, 1.82) is 0 Å². The summed E-state index contributed by atoms with van der Waals surface area (Å²) in [6.45, 7) is -0.241. The van der Waals surface area contributed by atoms with Crippen molar-refractivity contribution in [1.82, 2.24) is 10.6 Å². The van der Waals surface area contributed by atoms with Gasteiger partial charge in [-0.1, -0.05) is 48.5 Å². The van der Waals surface area contributed by atoms with Crippen LogP contribution in [0, 0.1) is 0 Å². The minimum atomic E-state index is -0.666. The standard InChI is InChI=1S/C20H20N2O5/c23-9-10-26-13-22-19(24)11-21-20(25)27-12-18-16-7-3-1-5-14(16)15-6-2-4-8-17(15)18/h1-9,18H,10-13H2,(H,21,25)(H,22,24). The van der Waals surface area contributed by atoms with Gasteiger partial charge in [-0.25, -0.2) is 4.79 Å². The number of hydrogen-bond acceptors (Lipinski definition) is 5. The highest BCUT2D eigenvalue weighted by atomic mass is 16.5. The molecule has 0 unspecified atom stereocenters. The molecule has 7 nitrogen and oxygen atoms in total. The van der Waals surface area contributed by atoms with Gasteiger partial charge in [0.1, 0.15) is 32.8 Å². The Labute approximate surface area is 156 Å². The summed E-state index contributed by atoms with van der Waals surface area (Å²) >= 11 is 0. The summed E-state index contributed by atoms with van der Waals surface area (Å²) in [6.07, 6.45) is -0.0815. The first-order chi connectivity index (χ1) is 13.2. The highest BCUT2D eigenvalue weighted by molar-refractivity contribution is 5.82. The van der Waals surface area contributed by atoms with E-state index in [2.05, 4.69) is 22.8 Å². The van der Waals surface area contributed by atoms with Crippen molar-refractivity contribution >= 4 is 18.3 Å². The zero-order chi connectivity index (χ0) is 19.1. The minimum absolute atomic E-state index is 0.0336. The number of nitrogens with one attached hydrogen (secondary N) is 2. The average Bonchev–Trinajstić information content (AvgIpc) is 3.02. The first-order valence-corrected chi connectivity index (χ1v) is 8.57. The molecule has 2 amide bonds. The van der Waals surface area contributed by atoms with E-state index in [-0.39, 0.29) is 32.4 Å². The predicted octanol–water partition coefficient (Wildman–Crippen LogP) is 1.81. The fraction of sp³-hybridized carbons (Fsp3) is 0.250. The maximum atomic E-state index is 11.9. The largest absolute Gasteiger partial charge is 0.449 e. The molecule has 0 aromatic heterocycles. The molecule has 0 fully saturated rings. The Morgan fingerprint density at radius 3 is 2.22 bits per heavy atom. The third-order valence-corrected chi connectivity index (χ3v) is 4.29. The van der Waals surface area contributed by atoms with Crippen LogP contribution in [0.25, 0.3) is 11.1 Å². The fourth-order valence-electron chi connectivity index (χ4n) is 3.10. The van der Waals surface area contributed by atoms with Crippen LogP contribution < -0.4 is 10.6 Å². The van der Waals surface area contributed by atoms with Crippen molar-refractivity contribution in [3.05, 3.63) is 59.7 Å². The van der Waals surface area contributed by atoms with Gasteiger partial charge in [-0.05, 0) is 22.3 Å². The average molecular weight is 368 g/mol. The van der Waals surface area contributed by atoms with Crippen molar-refractivity contribution in [3.8, 4) is 11.1 Å². The highest BCUT2D eigenvalue weighted by Gasteiger charge is 2.28. The van der Waals surface area contributed by atoms with Crippen molar-refractivity contribution in [2.75, 3.05) is 26.5 Å². The first kappa shape index (κ1) is 18.6. The molecule has 1 aliphatic rings. The highest BCUT2D eigenvalue weighted by Crippen LogP contribution is 2.44. The summed E-state index contributed by atoms with van der Waals surface area (Å²) in [7, 11) is 0. The van der Waals surface area contributed by atoms with Crippen molar-refractivity contribution < 1.29 is 23.9 Å². The van der Waals surface area contributed by atoms with Gasteiger partial charge in [0.2, 0.25) is 5.91 Å². The monoisotopic (exact) mass is 368 g/mol. The minimum Gasteiger partial charge on any atom is -0.449 e. The zero-order valence-corrected chi connectivity index (χ0v) is 14.6. The number of benzene rings is 2. The third-order valence-electron chi connectivity index (χ3n) is 4.29. The molecule has 0 spiro atoms. The zero-order valence-electron chi connectivity index (χ0n) is 14.6. The van der Waals surface area contributed by atoms with E-state index in [0.29, 0.717) is 6.29 Å². The molecule has 2 aromatic rings. The van der Waals surface area contributed by atoms with Crippen LogP contribution in [0.2, 0.25) is 0 Å². The van der Waals surface area contributed by atoms with Gasteiger partial charge >= 0.3 is 6.09 Å². The fourth-order valence-corrected chi connectivity index (χ4v) is 3.10. The quantitative estimate of drug-likeness (QED) is 0.421. The SMILES string of the molecule is O=CCOCNC(=O)CNC(=O)OCC1c2ccccc2-c2ccccc21. The maximum Gasteiger partial charge on any atom is 0.407 e. The molecule has 0 bridgehead atoms. The number of carbonyl (C=O) groups excluding carboxylic acids is 3. The lowest BCUT2D eigenvalue weighted by Gasteiger charge is -2.14. The number of aldehydes is 1. The molecule has 0 saturated heterocycles. The van der Waals surface area contributed by atoms with Gasteiger partial charge in [-0.2, -0.15) is 0 Å². The van der Waals surface area contributed by atoms with E-state index in [0.717, 1.165) is 22.3 Å². The van der Waals surface area contributed by atoms with Crippen LogP contribution in [0.15, 0.2) is 48.5 Å². The molecule has 0 aliphatic heterocycles. The van der Waals surface area contributed by atoms with E-state index in [1.54, 1.807) is 0 Å². The summed E-state index contributed by atoms with van der Waals surface area (Å²) < 4.78 is 10.1. The molecule has 3 rings (SSSR count). The van der Waals surface area contributed by atoms with Crippen molar-refractivity contribution in [3.63, 3.8) is 0 Å². The topological polar surface area (TPSA) is 93.7 Å². The second-order valence-electron chi connectivity index (χ2n) is 5.96. The van der Waals surface area contributed by atoms with Crippen LogP contribution in [0.1, 0.15) is 17.0 Å². The smallest absolute Gasteiger partial charge is 0.407 e. The Morgan fingerprint density at radius 2 is 1.59 bits per heavy atom. The van der Waals surface area contributed by atoms with Gasteiger partial charge in [-0.15, -0.1) is 0 Å². The molecule has 0 atom stereocenters. The molecule has 0 heterocycles. The Balaban J connectivity index is 1.51. The number of alkyl carbamates (subject to hydrolysis) is 1. The summed E-state index contributed by atoms with van der Waals surface area (Å²) in [4.78, 5) is 33.6. The van der Waals surface area contributed by atoms with E-state index < -0.39 is 12.0 Å². The molecule has 140 valence electrons. The number of ether oxygens (including phenoxy) is 2. The lowest BCUT2D eigenvalue weighted by atomic mass is 9.98. The number of hydrogen-bond donors (Lipinski definition) is 2. The molecular formula is C20H20N2O5. The molecule has 0 radical (unpaired) electrons. The van der Waals surface area contributed by atoms with Crippen molar-refractivity contribution in [2.24, 2.45) is 0 Å². The third kappa shape index (κ3) is 4.51. The van der Waals surface area contributed by atoms with E-state index in [1.807, 2.05) is 36.4 Å². The van der Waals surface area contributed by atoms with Crippen LogP contribution in [0.4, 0.5) is 4.79 Å². The Kier molecular flexibility index (Phi) is 6.17. The Bertz CT molecular complexity index is 791. The van der Waals surface area contributed by atoms with Crippen LogP contribution in [-0.4, -0.2) is 44.8 Å². The first-order valence-electron chi connectivity index (χ1n) is 8.57. The van der Waals surface area contributed by atoms with Crippen LogP contribution >= 0.6 is 0 Å². The van der Waals surface area contributed by atoms with E-state index >= 15 is 0 Å². The van der Waals surface area contributed by atoms with Gasteiger partial charge in [0.25, 0.3) is 0 Å². The molecule has 2 aromatic carbocycles. The molecule has 0 saturated carbocycles. The van der Waals surface area contributed by atoms with E-state index in [9.17, 15) is 14.4 Å². The normalized spacial score (nSPS) is 12.0. The molecule has 1 aliphatic carbocycles. The summed E-state index contributed by atoms with van der Waals surface area (Å²) in [5, 5.41) is 4.80. The lowest BCUT2D eigenvalue weighted by molar-refractivity contribution is -0.123. The van der Waals surface area contributed by atoms with E-state index in [4.69, 9.17) is 9.47 Å². The van der Waals surface area contributed by atoms with Gasteiger partial charge in [0.15, 0.2) is 0 Å². The number of amides is 2. The summed E-state index contributed by atoms with van der Waals surface area (Å²) in [6, 6.07) is 16.1. The lowest BCUT2D eigenvalue weighted by Crippen LogP contribution is -2.38. The number of fused-ring (bicyclic) bond motifs is 3. The van der Waals surface area contributed by atoms with Gasteiger partial charge in [-0.3, -0.25) is 4.79 Å². The van der Waals surface area contributed by atoms with Crippen LogP contribution in [-0.2, 0) is 19.1 Å². The summed E-state index contributed by atoms with van der Waals surface area (Å²) in [5.41, 5.74) is 4.54. The van der Waals surface area contributed by atoms with E-state index in [1.165, 1.54) is 0 Å². The Hall–Kier alpha value is -3.19. The molecule has 27 heavy (non-hydrogen) atoms. The summed E-state index contributed by atoms with van der Waals surface area (Å²) in [5.74, 6) is -0.469. The number of carbonyl (C=O) groups is 3. The van der Waals surface area contributed by atoms with Crippen LogP contribution in [0.5, 0.6) is 0 Å². The molecule has 7 heteroatoms. The Morgan fingerprint density at radius 1 is 0.963 bits per heavy atom.